The lowest BCUT2D eigenvalue weighted by molar-refractivity contribution is -0.119. The van der Waals surface area contributed by atoms with Gasteiger partial charge in [0.05, 0.1) is 6.10 Å². The van der Waals surface area contributed by atoms with Crippen molar-refractivity contribution in [3.05, 3.63) is 0 Å². The third-order valence-electron chi connectivity index (χ3n) is 3.24. The van der Waals surface area contributed by atoms with Crippen molar-refractivity contribution in [2.45, 2.75) is 50.8 Å². The number of hydrogen-bond donors (Lipinski definition) is 2. The molecule has 4 heteroatoms. The van der Waals surface area contributed by atoms with E-state index in [9.17, 15) is 4.79 Å². The molecule has 1 heterocycles. The zero-order valence-corrected chi connectivity index (χ0v) is 9.29. The molecule has 0 aromatic rings. The Balaban J connectivity index is 1.54. The van der Waals surface area contributed by atoms with Crippen LogP contribution in [0.3, 0.4) is 0 Å². The van der Waals surface area contributed by atoms with Gasteiger partial charge in [0.2, 0.25) is 5.91 Å². The second-order valence-corrected chi connectivity index (χ2v) is 4.46. The molecule has 0 radical (unpaired) electrons. The van der Waals surface area contributed by atoms with Crippen LogP contribution in [0, 0.1) is 0 Å². The van der Waals surface area contributed by atoms with Gasteiger partial charge in [-0.1, -0.05) is 0 Å². The number of ether oxygens (including phenoxy) is 1. The van der Waals surface area contributed by atoms with Crippen molar-refractivity contribution < 1.29 is 9.53 Å². The standard InChI is InChI=1S/C11H20N2O2/c1-2-15-10-5-9(6-10)12-7-8-3-4-11(14)13-8/h8-10,12H,2-7H2,1H3,(H,13,14). The van der Waals surface area contributed by atoms with Crippen LogP contribution in [0.2, 0.25) is 0 Å². The van der Waals surface area contributed by atoms with Crippen molar-refractivity contribution in [1.82, 2.24) is 10.6 Å². The smallest absolute Gasteiger partial charge is 0.220 e. The number of nitrogens with one attached hydrogen (secondary N) is 2. The molecule has 0 aromatic carbocycles. The van der Waals surface area contributed by atoms with Gasteiger partial charge in [-0.25, -0.2) is 0 Å². The summed E-state index contributed by atoms with van der Waals surface area (Å²) in [4.78, 5) is 11.0. The van der Waals surface area contributed by atoms with E-state index in [-0.39, 0.29) is 5.91 Å². The predicted octanol–water partition coefficient (Wildman–Crippen LogP) is 0.422. The van der Waals surface area contributed by atoms with E-state index < -0.39 is 0 Å². The van der Waals surface area contributed by atoms with Gasteiger partial charge in [-0.05, 0) is 26.2 Å². The molecule has 1 unspecified atom stereocenters. The molecule has 2 N–H and O–H groups in total. The first-order valence-corrected chi connectivity index (χ1v) is 5.92. The van der Waals surface area contributed by atoms with Gasteiger partial charge < -0.3 is 15.4 Å². The molecule has 1 aliphatic heterocycles. The van der Waals surface area contributed by atoms with Crippen LogP contribution in [0.25, 0.3) is 0 Å². The van der Waals surface area contributed by atoms with Crippen LogP contribution in [-0.2, 0) is 9.53 Å². The quantitative estimate of drug-likeness (QED) is 0.694. The molecule has 86 valence electrons. The Bertz CT molecular complexity index is 227. The molecule has 0 bridgehead atoms. The Morgan fingerprint density at radius 3 is 2.93 bits per heavy atom. The molecule has 1 saturated heterocycles. The summed E-state index contributed by atoms with van der Waals surface area (Å²) in [6.45, 7) is 3.76. The van der Waals surface area contributed by atoms with Crippen molar-refractivity contribution in [3.8, 4) is 0 Å². The van der Waals surface area contributed by atoms with Crippen LogP contribution in [0.4, 0.5) is 0 Å². The number of hydrogen-bond acceptors (Lipinski definition) is 3. The predicted molar refractivity (Wildman–Crippen MR) is 57.6 cm³/mol. The van der Waals surface area contributed by atoms with Crippen LogP contribution in [-0.4, -0.2) is 37.2 Å². The Labute approximate surface area is 90.8 Å². The summed E-state index contributed by atoms with van der Waals surface area (Å²) >= 11 is 0. The minimum atomic E-state index is 0.197. The number of carbonyl (C=O) groups is 1. The zero-order chi connectivity index (χ0) is 10.7. The molecule has 0 spiro atoms. The maximum absolute atomic E-state index is 11.0. The molecule has 1 aliphatic carbocycles. The Hall–Kier alpha value is -0.610. The molecule has 2 rings (SSSR count). The van der Waals surface area contributed by atoms with Crippen LogP contribution in [0.5, 0.6) is 0 Å². The van der Waals surface area contributed by atoms with Crippen LogP contribution in [0.1, 0.15) is 32.6 Å². The Kier molecular flexibility index (Phi) is 3.59. The summed E-state index contributed by atoms with van der Waals surface area (Å²) in [6, 6.07) is 0.947. The second kappa shape index (κ2) is 4.94. The number of amides is 1. The summed E-state index contributed by atoms with van der Waals surface area (Å²) < 4.78 is 5.49. The fraction of sp³-hybridized carbons (Fsp3) is 0.909. The second-order valence-electron chi connectivity index (χ2n) is 4.46. The van der Waals surface area contributed by atoms with Crippen molar-refractivity contribution in [3.63, 3.8) is 0 Å². The van der Waals surface area contributed by atoms with Crippen LogP contribution in [0.15, 0.2) is 0 Å². The van der Waals surface area contributed by atoms with Gasteiger partial charge in [0.25, 0.3) is 0 Å². The lowest BCUT2D eigenvalue weighted by atomic mass is 9.89. The monoisotopic (exact) mass is 212 g/mol. The Morgan fingerprint density at radius 2 is 2.33 bits per heavy atom. The minimum Gasteiger partial charge on any atom is -0.378 e. The molecular formula is C11H20N2O2. The summed E-state index contributed by atoms with van der Waals surface area (Å²) in [5.74, 6) is 0.197. The van der Waals surface area contributed by atoms with E-state index >= 15 is 0 Å². The number of carbonyl (C=O) groups excluding carboxylic acids is 1. The average molecular weight is 212 g/mol. The fourth-order valence-corrected chi connectivity index (χ4v) is 2.24. The van der Waals surface area contributed by atoms with Gasteiger partial charge in [0.1, 0.15) is 0 Å². The van der Waals surface area contributed by atoms with Gasteiger partial charge in [0.15, 0.2) is 0 Å². The molecule has 2 aliphatic rings. The first kappa shape index (κ1) is 10.9. The van der Waals surface area contributed by atoms with Crippen LogP contribution < -0.4 is 10.6 Å². The van der Waals surface area contributed by atoms with Gasteiger partial charge in [-0.15, -0.1) is 0 Å². The van der Waals surface area contributed by atoms with Gasteiger partial charge in [0, 0.05) is 31.7 Å². The van der Waals surface area contributed by atoms with Crippen molar-refractivity contribution in [2.24, 2.45) is 0 Å². The lowest BCUT2D eigenvalue weighted by Crippen LogP contribution is -2.49. The highest BCUT2D eigenvalue weighted by Crippen LogP contribution is 2.23. The molecule has 1 saturated carbocycles. The largest absolute Gasteiger partial charge is 0.378 e. The SMILES string of the molecule is CCOC1CC(NCC2CCC(=O)N2)C1. The van der Waals surface area contributed by atoms with E-state index in [4.69, 9.17) is 4.74 Å². The van der Waals surface area contributed by atoms with Crippen LogP contribution >= 0.6 is 0 Å². The molecule has 2 fully saturated rings. The van der Waals surface area contributed by atoms with Gasteiger partial charge >= 0.3 is 0 Å². The first-order valence-electron chi connectivity index (χ1n) is 5.92. The average Bonchev–Trinajstić information content (AvgIpc) is 2.55. The van der Waals surface area contributed by atoms with Crippen molar-refractivity contribution in [2.75, 3.05) is 13.2 Å². The summed E-state index contributed by atoms with van der Waals surface area (Å²) in [7, 11) is 0. The maximum atomic E-state index is 11.0. The maximum Gasteiger partial charge on any atom is 0.220 e. The molecular weight excluding hydrogens is 192 g/mol. The number of rotatable bonds is 5. The highest BCUT2D eigenvalue weighted by Gasteiger charge is 2.30. The minimum absolute atomic E-state index is 0.197. The normalized spacial score (nSPS) is 35.0. The van der Waals surface area contributed by atoms with Gasteiger partial charge in [-0.2, -0.15) is 0 Å². The van der Waals surface area contributed by atoms with E-state index in [1.165, 1.54) is 0 Å². The highest BCUT2D eigenvalue weighted by atomic mass is 16.5. The molecule has 4 nitrogen and oxygen atoms in total. The van der Waals surface area contributed by atoms with Crippen molar-refractivity contribution in [1.29, 1.82) is 0 Å². The first-order chi connectivity index (χ1) is 7.28. The molecule has 1 atom stereocenters. The van der Waals surface area contributed by atoms with E-state index in [0.29, 0.717) is 24.6 Å². The summed E-state index contributed by atoms with van der Waals surface area (Å²) in [5, 5.41) is 6.44. The van der Waals surface area contributed by atoms with E-state index in [0.717, 1.165) is 32.4 Å². The van der Waals surface area contributed by atoms with E-state index in [2.05, 4.69) is 10.6 Å². The molecule has 1 amide bonds. The topological polar surface area (TPSA) is 50.4 Å². The molecule has 0 aromatic heterocycles. The fourth-order valence-electron chi connectivity index (χ4n) is 2.24. The van der Waals surface area contributed by atoms with E-state index in [1.807, 2.05) is 6.92 Å². The Morgan fingerprint density at radius 1 is 1.53 bits per heavy atom. The molecule has 15 heavy (non-hydrogen) atoms. The third kappa shape index (κ3) is 2.92. The summed E-state index contributed by atoms with van der Waals surface area (Å²) in [5.41, 5.74) is 0. The van der Waals surface area contributed by atoms with E-state index in [1.54, 1.807) is 0 Å². The highest BCUT2D eigenvalue weighted by molar-refractivity contribution is 5.78. The van der Waals surface area contributed by atoms with Gasteiger partial charge in [-0.3, -0.25) is 4.79 Å². The zero-order valence-electron chi connectivity index (χ0n) is 9.29. The lowest BCUT2D eigenvalue weighted by Gasteiger charge is -2.36. The van der Waals surface area contributed by atoms with Crippen molar-refractivity contribution >= 4 is 5.91 Å². The summed E-state index contributed by atoms with van der Waals surface area (Å²) in [6.07, 6.45) is 4.38. The third-order valence-corrected chi connectivity index (χ3v) is 3.24.